The Hall–Kier alpha value is 0.150. The van der Waals surface area contributed by atoms with Gasteiger partial charge in [-0.1, -0.05) is 85.5 Å². The Morgan fingerprint density at radius 3 is 1.24 bits per heavy atom. The molecular formula is C17H39O3P. The molecule has 130 valence electrons. The minimum absolute atomic E-state index is 0.576. The minimum atomic E-state index is -2.21. The third-order valence-corrected chi connectivity index (χ3v) is 4.02. The van der Waals surface area contributed by atoms with Crippen LogP contribution in [-0.2, 0) is 13.6 Å². The van der Waals surface area contributed by atoms with E-state index >= 15 is 0 Å². The van der Waals surface area contributed by atoms with Gasteiger partial charge in [0, 0.05) is 0 Å². The molecule has 0 aliphatic carbocycles. The fourth-order valence-electron chi connectivity index (χ4n) is 1.76. The van der Waals surface area contributed by atoms with Crippen LogP contribution in [-0.4, -0.2) is 13.2 Å². The molecule has 4 heteroatoms. The maximum atomic E-state index is 11.2. The average molecular weight is 322 g/mol. The van der Waals surface area contributed by atoms with Crippen molar-refractivity contribution in [2.75, 3.05) is 13.2 Å². The number of unbranched alkanes of at least 4 members (excludes halogenated alkanes) is 8. The van der Waals surface area contributed by atoms with Crippen molar-refractivity contribution in [3.63, 3.8) is 0 Å². The summed E-state index contributed by atoms with van der Waals surface area (Å²) >= 11 is 0. The summed E-state index contributed by atoms with van der Waals surface area (Å²) in [6.45, 7) is 9.92. The van der Waals surface area contributed by atoms with E-state index in [4.69, 9.17) is 9.05 Å². The van der Waals surface area contributed by atoms with E-state index in [0.29, 0.717) is 13.2 Å². The zero-order chi connectivity index (χ0) is 16.2. The highest BCUT2D eigenvalue weighted by Crippen LogP contribution is 2.24. The van der Waals surface area contributed by atoms with Gasteiger partial charge in [0.2, 0.25) is 0 Å². The molecule has 0 bridgehead atoms. The van der Waals surface area contributed by atoms with Crippen LogP contribution in [0.15, 0.2) is 0 Å². The topological polar surface area (TPSA) is 35.5 Å². The molecule has 21 heavy (non-hydrogen) atoms. The lowest BCUT2D eigenvalue weighted by Crippen LogP contribution is -1.91. The highest BCUT2D eigenvalue weighted by Gasteiger charge is 1.99. The second-order valence-electron chi connectivity index (χ2n) is 5.42. The first-order valence-corrected chi connectivity index (χ1v) is 10.2. The van der Waals surface area contributed by atoms with E-state index in [1.165, 1.54) is 44.9 Å². The van der Waals surface area contributed by atoms with Gasteiger partial charge in [-0.3, -0.25) is 4.57 Å². The van der Waals surface area contributed by atoms with Crippen LogP contribution in [0.1, 0.15) is 98.3 Å². The largest absolute Gasteiger partial charge is 0.319 e. The quantitative estimate of drug-likeness (QED) is 0.261. The third-order valence-electron chi connectivity index (χ3n) is 3.14. The lowest BCUT2D eigenvalue weighted by Gasteiger charge is -2.05. The summed E-state index contributed by atoms with van der Waals surface area (Å²) in [6, 6.07) is 0. The SMILES string of the molecule is CCCCC.CCCCCCO[PH](=O)OCCCCCC. The molecule has 0 saturated heterocycles. The Morgan fingerprint density at radius 1 is 0.571 bits per heavy atom. The Balaban J connectivity index is 0. The standard InChI is InChI=1S/C12H27O3P.C5H12/c1-3-5-7-9-11-14-16(13)15-12-10-8-6-4-2;1-3-5-4-2/h16H,3-12H2,1-2H3;3-5H2,1-2H3. The molecule has 3 nitrogen and oxygen atoms in total. The van der Waals surface area contributed by atoms with E-state index in [2.05, 4.69) is 27.7 Å². The van der Waals surface area contributed by atoms with Crippen LogP contribution in [0, 0.1) is 0 Å². The first-order chi connectivity index (χ1) is 10.2. The molecule has 0 heterocycles. The van der Waals surface area contributed by atoms with Crippen LogP contribution in [0.25, 0.3) is 0 Å². The van der Waals surface area contributed by atoms with E-state index < -0.39 is 8.25 Å². The normalized spacial score (nSPS) is 10.5. The first kappa shape index (κ1) is 23.4. The molecular weight excluding hydrogens is 283 g/mol. The van der Waals surface area contributed by atoms with Crippen LogP contribution >= 0.6 is 8.25 Å². The summed E-state index contributed by atoms with van der Waals surface area (Å²) in [7, 11) is -2.21. The van der Waals surface area contributed by atoms with Gasteiger partial charge >= 0.3 is 8.25 Å². The van der Waals surface area contributed by atoms with Gasteiger partial charge in [0.05, 0.1) is 13.2 Å². The minimum Gasteiger partial charge on any atom is -0.311 e. The Morgan fingerprint density at radius 2 is 0.952 bits per heavy atom. The molecule has 0 aromatic carbocycles. The lowest BCUT2D eigenvalue weighted by molar-refractivity contribution is 0.218. The molecule has 0 radical (unpaired) electrons. The summed E-state index contributed by atoms with van der Waals surface area (Å²) < 4.78 is 21.5. The number of hydrogen-bond acceptors (Lipinski definition) is 3. The van der Waals surface area contributed by atoms with Gasteiger partial charge in [0.15, 0.2) is 0 Å². The molecule has 0 aliphatic heterocycles. The molecule has 0 amide bonds. The maximum absolute atomic E-state index is 11.2. The summed E-state index contributed by atoms with van der Waals surface area (Å²) in [5.74, 6) is 0. The van der Waals surface area contributed by atoms with Gasteiger partial charge in [-0.15, -0.1) is 0 Å². The predicted molar refractivity (Wildman–Crippen MR) is 94.4 cm³/mol. The van der Waals surface area contributed by atoms with Crippen molar-refractivity contribution in [3.05, 3.63) is 0 Å². The van der Waals surface area contributed by atoms with E-state index in [9.17, 15) is 4.57 Å². The molecule has 0 aromatic rings. The third kappa shape index (κ3) is 25.4. The fraction of sp³-hybridized carbons (Fsp3) is 1.00. The highest BCUT2D eigenvalue weighted by molar-refractivity contribution is 7.33. The predicted octanol–water partition coefficient (Wildman–Crippen LogP) is 6.77. The smallest absolute Gasteiger partial charge is 0.311 e. The van der Waals surface area contributed by atoms with Crippen LogP contribution < -0.4 is 0 Å². The summed E-state index contributed by atoms with van der Waals surface area (Å²) in [4.78, 5) is 0. The van der Waals surface area contributed by atoms with E-state index in [0.717, 1.165) is 25.7 Å². The molecule has 0 unspecified atom stereocenters. The fourth-order valence-corrected chi connectivity index (χ4v) is 2.47. The first-order valence-electron chi connectivity index (χ1n) is 9.02. The van der Waals surface area contributed by atoms with Crippen LogP contribution in [0.4, 0.5) is 0 Å². The molecule has 0 atom stereocenters. The van der Waals surface area contributed by atoms with Crippen molar-refractivity contribution in [1.82, 2.24) is 0 Å². The van der Waals surface area contributed by atoms with Gasteiger partial charge in [0.1, 0.15) is 0 Å². The Bertz CT molecular complexity index is 180. The molecule has 0 aromatic heterocycles. The maximum Gasteiger partial charge on any atom is 0.319 e. The highest BCUT2D eigenvalue weighted by atomic mass is 31.1. The molecule has 0 spiro atoms. The van der Waals surface area contributed by atoms with E-state index in [1.54, 1.807) is 0 Å². The summed E-state index contributed by atoms with van der Waals surface area (Å²) in [5, 5.41) is 0. The van der Waals surface area contributed by atoms with Gasteiger partial charge in [-0.25, -0.2) is 0 Å². The molecule has 0 saturated carbocycles. The van der Waals surface area contributed by atoms with Crippen molar-refractivity contribution in [1.29, 1.82) is 0 Å². The van der Waals surface area contributed by atoms with Gasteiger partial charge in [-0.05, 0) is 12.8 Å². The van der Waals surface area contributed by atoms with E-state index in [1.807, 2.05) is 0 Å². The summed E-state index contributed by atoms with van der Waals surface area (Å²) in [6.07, 6.45) is 13.2. The van der Waals surface area contributed by atoms with Crippen molar-refractivity contribution in [2.24, 2.45) is 0 Å². The molecule has 0 fully saturated rings. The van der Waals surface area contributed by atoms with E-state index in [-0.39, 0.29) is 0 Å². The molecule has 0 aliphatic rings. The van der Waals surface area contributed by atoms with Crippen LogP contribution in [0.5, 0.6) is 0 Å². The second-order valence-corrected chi connectivity index (χ2v) is 6.50. The molecule has 0 N–H and O–H groups in total. The zero-order valence-electron chi connectivity index (χ0n) is 14.9. The van der Waals surface area contributed by atoms with Crippen molar-refractivity contribution < 1.29 is 13.6 Å². The zero-order valence-corrected chi connectivity index (χ0v) is 15.9. The van der Waals surface area contributed by atoms with Crippen LogP contribution in [0.2, 0.25) is 0 Å². The van der Waals surface area contributed by atoms with Gasteiger partial charge < -0.3 is 9.05 Å². The van der Waals surface area contributed by atoms with Crippen molar-refractivity contribution in [3.8, 4) is 0 Å². The average Bonchev–Trinajstić information content (AvgIpc) is 2.48. The van der Waals surface area contributed by atoms with Crippen LogP contribution in [0.3, 0.4) is 0 Å². The second kappa shape index (κ2) is 22.4. The van der Waals surface area contributed by atoms with Crippen molar-refractivity contribution in [2.45, 2.75) is 98.3 Å². The van der Waals surface area contributed by atoms with Crippen molar-refractivity contribution >= 4 is 8.25 Å². The monoisotopic (exact) mass is 322 g/mol. The number of rotatable bonds is 14. The Labute approximate surface area is 134 Å². The summed E-state index contributed by atoms with van der Waals surface area (Å²) in [5.41, 5.74) is 0. The lowest BCUT2D eigenvalue weighted by atomic mass is 10.2. The van der Waals surface area contributed by atoms with Gasteiger partial charge in [-0.2, -0.15) is 0 Å². The number of hydrogen-bond donors (Lipinski definition) is 0. The molecule has 0 rings (SSSR count). The van der Waals surface area contributed by atoms with Gasteiger partial charge in [0.25, 0.3) is 0 Å². The Kier molecular flexibility index (Phi) is 25.0.